The largest absolute Gasteiger partial charge is 0.383 e. The molecule has 0 amide bonds. The second kappa shape index (κ2) is 8.49. The third kappa shape index (κ3) is 4.78. The monoisotopic (exact) mass is 324 g/mol. The molecule has 114 valence electrons. The normalized spacial score (nSPS) is 11.2. The van der Waals surface area contributed by atoms with Crippen LogP contribution in [0.2, 0.25) is 0 Å². The fourth-order valence-electron chi connectivity index (χ4n) is 2.13. The van der Waals surface area contributed by atoms with Crippen LogP contribution in [0.5, 0.6) is 0 Å². The van der Waals surface area contributed by atoms with Crippen molar-refractivity contribution in [1.29, 1.82) is 0 Å². The SMILES string of the molecule is CCN(CCOC)Cc1cccc(-c2nc(CCl)cs2)c1. The van der Waals surface area contributed by atoms with Crippen molar-refractivity contribution in [2.24, 2.45) is 0 Å². The predicted octanol–water partition coefficient (Wildman–Crippen LogP) is 4.02. The molecule has 0 aliphatic rings. The predicted molar refractivity (Wildman–Crippen MR) is 89.9 cm³/mol. The number of benzene rings is 1. The quantitative estimate of drug-likeness (QED) is 0.686. The highest BCUT2D eigenvalue weighted by Crippen LogP contribution is 2.25. The number of nitrogens with zero attached hydrogens (tertiary/aromatic N) is 2. The van der Waals surface area contributed by atoms with Crippen molar-refractivity contribution in [1.82, 2.24) is 9.88 Å². The maximum absolute atomic E-state index is 5.82. The van der Waals surface area contributed by atoms with Crippen molar-refractivity contribution in [3.8, 4) is 10.6 Å². The molecule has 1 aromatic carbocycles. The number of thiazole rings is 1. The first-order chi connectivity index (χ1) is 10.3. The van der Waals surface area contributed by atoms with E-state index in [1.807, 2.05) is 5.38 Å². The van der Waals surface area contributed by atoms with Crippen LogP contribution in [0, 0.1) is 0 Å². The number of aromatic nitrogens is 1. The summed E-state index contributed by atoms with van der Waals surface area (Å²) in [5.74, 6) is 0.469. The Kier molecular flexibility index (Phi) is 6.64. The van der Waals surface area contributed by atoms with Gasteiger partial charge in [-0.1, -0.05) is 25.1 Å². The summed E-state index contributed by atoms with van der Waals surface area (Å²) >= 11 is 7.47. The van der Waals surface area contributed by atoms with Crippen molar-refractivity contribution < 1.29 is 4.74 Å². The van der Waals surface area contributed by atoms with E-state index in [4.69, 9.17) is 16.3 Å². The Balaban J connectivity index is 2.09. The first-order valence-electron chi connectivity index (χ1n) is 7.07. The fraction of sp³-hybridized carbons (Fsp3) is 0.438. The third-order valence-electron chi connectivity index (χ3n) is 3.33. The molecule has 2 aromatic rings. The van der Waals surface area contributed by atoms with Crippen LogP contribution in [0.15, 0.2) is 29.6 Å². The fourth-order valence-corrected chi connectivity index (χ4v) is 3.18. The third-order valence-corrected chi connectivity index (χ3v) is 4.54. The van der Waals surface area contributed by atoms with Gasteiger partial charge in [-0.15, -0.1) is 22.9 Å². The Morgan fingerprint density at radius 1 is 1.38 bits per heavy atom. The number of methoxy groups -OCH3 is 1. The van der Waals surface area contributed by atoms with E-state index in [1.54, 1.807) is 18.4 Å². The summed E-state index contributed by atoms with van der Waals surface area (Å²) in [5, 5.41) is 3.05. The van der Waals surface area contributed by atoms with Crippen LogP contribution >= 0.6 is 22.9 Å². The molecule has 1 aromatic heterocycles. The van der Waals surface area contributed by atoms with Gasteiger partial charge in [-0.3, -0.25) is 4.90 Å². The molecule has 5 heteroatoms. The zero-order chi connectivity index (χ0) is 15.1. The number of hydrogen-bond acceptors (Lipinski definition) is 4. The van der Waals surface area contributed by atoms with Crippen LogP contribution in [0.25, 0.3) is 10.6 Å². The average Bonchev–Trinajstić information content (AvgIpc) is 3.01. The minimum Gasteiger partial charge on any atom is -0.383 e. The first-order valence-corrected chi connectivity index (χ1v) is 8.49. The van der Waals surface area contributed by atoms with Crippen molar-refractivity contribution in [2.75, 3.05) is 26.8 Å². The van der Waals surface area contributed by atoms with Gasteiger partial charge in [-0.25, -0.2) is 4.98 Å². The number of ether oxygens (including phenoxy) is 1. The molecule has 0 unspecified atom stereocenters. The summed E-state index contributed by atoms with van der Waals surface area (Å²) in [7, 11) is 1.74. The Morgan fingerprint density at radius 2 is 2.24 bits per heavy atom. The van der Waals surface area contributed by atoms with E-state index >= 15 is 0 Å². The highest BCUT2D eigenvalue weighted by molar-refractivity contribution is 7.13. The van der Waals surface area contributed by atoms with Crippen LogP contribution in [0.3, 0.4) is 0 Å². The van der Waals surface area contributed by atoms with Crippen LogP contribution in [0.4, 0.5) is 0 Å². The minimum absolute atomic E-state index is 0.469. The maximum Gasteiger partial charge on any atom is 0.123 e. The van der Waals surface area contributed by atoms with Crippen LogP contribution in [0.1, 0.15) is 18.2 Å². The second-order valence-electron chi connectivity index (χ2n) is 4.84. The van der Waals surface area contributed by atoms with Crippen molar-refractivity contribution in [3.05, 3.63) is 40.9 Å². The van der Waals surface area contributed by atoms with E-state index in [1.165, 1.54) is 5.56 Å². The van der Waals surface area contributed by atoms with Crippen LogP contribution in [-0.4, -0.2) is 36.7 Å². The molecular formula is C16H21ClN2OS. The van der Waals surface area contributed by atoms with Crippen molar-refractivity contribution in [2.45, 2.75) is 19.3 Å². The molecule has 0 aliphatic heterocycles. The summed E-state index contributed by atoms with van der Waals surface area (Å²) in [4.78, 5) is 6.91. The Bertz CT molecular complexity index is 559. The van der Waals surface area contributed by atoms with Gasteiger partial charge in [0.05, 0.1) is 18.2 Å². The second-order valence-corrected chi connectivity index (χ2v) is 5.96. The molecule has 0 N–H and O–H groups in total. The van der Waals surface area contributed by atoms with Gasteiger partial charge in [0.15, 0.2) is 0 Å². The van der Waals surface area contributed by atoms with Gasteiger partial charge in [0, 0.05) is 31.1 Å². The molecule has 0 bridgehead atoms. The summed E-state index contributed by atoms with van der Waals surface area (Å²) in [6.45, 7) is 5.83. The van der Waals surface area contributed by atoms with E-state index in [0.29, 0.717) is 5.88 Å². The Hall–Kier alpha value is -0.940. The molecule has 1 heterocycles. The molecule has 2 rings (SSSR count). The van der Waals surface area contributed by atoms with E-state index in [-0.39, 0.29) is 0 Å². The number of likely N-dealkylation sites (N-methyl/N-ethyl adjacent to an activating group) is 1. The zero-order valence-corrected chi connectivity index (χ0v) is 14.1. The van der Waals surface area contributed by atoms with Gasteiger partial charge in [0.2, 0.25) is 0 Å². The van der Waals surface area contributed by atoms with E-state index in [0.717, 1.165) is 42.5 Å². The van der Waals surface area contributed by atoms with Gasteiger partial charge in [0.25, 0.3) is 0 Å². The van der Waals surface area contributed by atoms with Gasteiger partial charge in [-0.2, -0.15) is 0 Å². The standard InChI is InChI=1S/C16H21ClN2OS/c1-3-19(7-8-20-2)11-13-5-4-6-14(9-13)16-18-15(10-17)12-21-16/h4-6,9,12H,3,7-8,10-11H2,1-2H3. The summed E-state index contributed by atoms with van der Waals surface area (Å²) < 4.78 is 5.16. The lowest BCUT2D eigenvalue weighted by Crippen LogP contribution is -2.26. The molecule has 21 heavy (non-hydrogen) atoms. The van der Waals surface area contributed by atoms with Gasteiger partial charge in [-0.05, 0) is 18.2 Å². The smallest absolute Gasteiger partial charge is 0.123 e. The molecule has 0 fully saturated rings. The van der Waals surface area contributed by atoms with Crippen molar-refractivity contribution >= 4 is 22.9 Å². The average molecular weight is 325 g/mol. The molecule has 0 aliphatic carbocycles. The lowest BCUT2D eigenvalue weighted by Gasteiger charge is -2.20. The number of hydrogen-bond donors (Lipinski definition) is 0. The number of alkyl halides is 1. The van der Waals surface area contributed by atoms with Gasteiger partial charge < -0.3 is 4.74 Å². The lowest BCUT2D eigenvalue weighted by molar-refractivity contribution is 0.147. The van der Waals surface area contributed by atoms with E-state index in [2.05, 4.69) is 41.1 Å². The molecular weight excluding hydrogens is 304 g/mol. The van der Waals surface area contributed by atoms with E-state index < -0.39 is 0 Å². The molecule has 0 saturated carbocycles. The molecule has 0 radical (unpaired) electrons. The summed E-state index contributed by atoms with van der Waals surface area (Å²) in [6, 6.07) is 8.57. The zero-order valence-electron chi connectivity index (χ0n) is 12.5. The summed E-state index contributed by atoms with van der Waals surface area (Å²) in [6.07, 6.45) is 0. The highest BCUT2D eigenvalue weighted by Gasteiger charge is 2.07. The van der Waals surface area contributed by atoms with E-state index in [9.17, 15) is 0 Å². The van der Waals surface area contributed by atoms with Crippen molar-refractivity contribution in [3.63, 3.8) is 0 Å². The van der Waals surface area contributed by atoms with Crippen LogP contribution < -0.4 is 0 Å². The number of rotatable bonds is 8. The molecule has 3 nitrogen and oxygen atoms in total. The molecule has 0 atom stereocenters. The lowest BCUT2D eigenvalue weighted by atomic mass is 10.1. The minimum atomic E-state index is 0.469. The van der Waals surface area contributed by atoms with Gasteiger partial charge >= 0.3 is 0 Å². The van der Waals surface area contributed by atoms with Gasteiger partial charge in [0.1, 0.15) is 5.01 Å². The molecule has 0 spiro atoms. The topological polar surface area (TPSA) is 25.4 Å². The Morgan fingerprint density at radius 3 is 2.90 bits per heavy atom. The maximum atomic E-state index is 5.82. The van der Waals surface area contributed by atoms with Crippen LogP contribution in [-0.2, 0) is 17.2 Å². The first kappa shape index (κ1) is 16.4. The molecule has 0 saturated heterocycles. The summed E-state index contributed by atoms with van der Waals surface area (Å²) in [5.41, 5.74) is 3.40. The highest BCUT2D eigenvalue weighted by atomic mass is 35.5. The number of halogens is 1. The Labute approximate surface area is 135 Å².